The number of nitrogens with zero attached hydrogens (tertiary/aromatic N) is 1. The molecule has 3 N–H and O–H groups in total. The Morgan fingerprint density at radius 2 is 2.13 bits per heavy atom. The van der Waals surface area contributed by atoms with Gasteiger partial charge in [0.2, 0.25) is 0 Å². The van der Waals surface area contributed by atoms with Gasteiger partial charge in [-0.3, -0.25) is 11.3 Å². The van der Waals surface area contributed by atoms with E-state index in [1.807, 2.05) is 6.92 Å². The number of nitrogens with one attached hydrogen (secondary N) is 1. The molecule has 0 saturated carbocycles. The maximum atomic E-state index is 5.59. The summed E-state index contributed by atoms with van der Waals surface area (Å²) in [5.41, 5.74) is 4.05. The molecule has 0 aromatic carbocycles. The molecule has 4 heteroatoms. The number of aromatic nitrogens is 1. The first-order valence-electron chi connectivity index (χ1n) is 5.41. The first-order chi connectivity index (χ1) is 7.04. The standard InChI is InChI=1S/C11H21N3S/c1-7(2)8(3)11(14-12)5-10-6-15-9(4)13-10/h6-8,11,14H,5,12H2,1-4H3. The van der Waals surface area contributed by atoms with Crippen molar-refractivity contribution in [2.75, 3.05) is 0 Å². The molecular formula is C11H21N3S. The van der Waals surface area contributed by atoms with E-state index in [2.05, 4.69) is 36.6 Å². The maximum absolute atomic E-state index is 5.59. The molecule has 0 radical (unpaired) electrons. The molecule has 0 fully saturated rings. The van der Waals surface area contributed by atoms with Crippen LogP contribution in [0.5, 0.6) is 0 Å². The Bertz CT molecular complexity index is 296. The zero-order valence-corrected chi connectivity index (χ0v) is 10.8. The lowest BCUT2D eigenvalue weighted by molar-refractivity contribution is 0.298. The van der Waals surface area contributed by atoms with E-state index in [1.165, 1.54) is 0 Å². The number of hydrogen-bond donors (Lipinski definition) is 2. The Balaban J connectivity index is 2.61. The Morgan fingerprint density at radius 3 is 2.53 bits per heavy atom. The van der Waals surface area contributed by atoms with Gasteiger partial charge in [0.1, 0.15) is 0 Å². The molecule has 15 heavy (non-hydrogen) atoms. The van der Waals surface area contributed by atoms with Crippen LogP contribution >= 0.6 is 11.3 Å². The predicted molar refractivity (Wildman–Crippen MR) is 65.7 cm³/mol. The van der Waals surface area contributed by atoms with E-state index in [1.54, 1.807) is 11.3 Å². The molecule has 3 nitrogen and oxygen atoms in total. The number of hydrogen-bond acceptors (Lipinski definition) is 4. The largest absolute Gasteiger partial charge is 0.271 e. The van der Waals surface area contributed by atoms with Gasteiger partial charge in [-0.05, 0) is 18.8 Å². The van der Waals surface area contributed by atoms with Crippen LogP contribution in [0.25, 0.3) is 0 Å². The van der Waals surface area contributed by atoms with Crippen LogP contribution in [0.15, 0.2) is 5.38 Å². The third kappa shape index (κ3) is 3.55. The van der Waals surface area contributed by atoms with Crippen molar-refractivity contribution in [2.24, 2.45) is 17.7 Å². The molecule has 2 atom stereocenters. The fourth-order valence-electron chi connectivity index (χ4n) is 1.59. The van der Waals surface area contributed by atoms with Crippen LogP contribution in [0.3, 0.4) is 0 Å². The summed E-state index contributed by atoms with van der Waals surface area (Å²) < 4.78 is 0. The summed E-state index contributed by atoms with van der Waals surface area (Å²) in [5, 5.41) is 3.24. The quantitative estimate of drug-likeness (QED) is 0.598. The van der Waals surface area contributed by atoms with Crippen LogP contribution < -0.4 is 11.3 Å². The molecule has 0 bridgehead atoms. The molecule has 0 aliphatic heterocycles. The minimum Gasteiger partial charge on any atom is -0.271 e. The van der Waals surface area contributed by atoms with E-state index in [-0.39, 0.29) is 0 Å². The van der Waals surface area contributed by atoms with Crippen molar-refractivity contribution in [3.63, 3.8) is 0 Å². The number of nitrogens with two attached hydrogens (primary N) is 1. The van der Waals surface area contributed by atoms with Crippen LogP contribution in [0.1, 0.15) is 31.5 Å². The van der Waals surface area contributed by atoms with E-state index in [9.17, 15) is 0 Å². The first-order valence-corrected chi connectivity index (χ1v) is 6.29. The van der Waals surface area contributed by atoms with Crippen molar-refractivity contribution in [1.29, 1.82) is 0 Å². The minimum atomic E-state index is 0.312. The number of hydrazine groups is 1. The Labute approximate surface area is 96.1 Å². The van der Waals surface area contributed by atoms with Gasteiger partial charge in [0.25, 0.3) is 0 Å². The first kappa shape index (κ1) is 12.6. The van der Waals surface area contributed by atoms with Gasteiger partial charge in [0.15, 0.2) is 0 Å². The summed E-state index contributed by atoms with van der Waals surface area (Å²) in [7, 11) is 0. The van der Waals surface area contributed by atoms with Gasteiger partial charge >= 0.3 is 0 Å². The molecule has 0 aliphatic rings. The van der Waals surface area contributed by atoms with E-state index in [0.29, 0.717) is 17.9 Å². The van der Waals surface area contributed by atoms with Gasteiger partial charge in [-0.1, -0.05) is 20.8 Å². The lowest BCUT2D eigenvalue weighted by atomic mass is 9.88. The molecule has 0 aliphatic carbocycles. The number of aryl methyl sites for hydroxylation is 1. The van der Waals surface area contributed by atoms with Gasteiger partial charge in [-0.2, -0.15) is 0 Å². The van der Waals surface area contributed by atoms with Gasteiger partial charge in [0, 0.05) is 17.8 Å². The lowest BCUT2D eigenvalue weighted by Crippen LogP contribution is -2.43. The van der Waals surface area contributed by atoms with Crippen molar-refractivity contribution in [3.8, 4) is 0 Å². The van der Waals surface area contributed by atoms with Crippen molar-refractivity contribution in [1.82, 2.24) is 10.4 Å². The van der Waals surface area contributed by atoms with Crippen LogP contribution in [0.2, 0.25) is 0 Å². The molecule has 0 saturated heterocycles. The van der Waals surface area contributed by atoms with Gasteiger partial charge in [-0.15, -0.1) is 11.3 Å². The highest BCUT2D eigenvalue weighted by Crippen LogP contribution is 2.18. The average Bonchev–Trinajstić information content (AvgIpc) is 2.59. The van der Waals surface area contributed by atoms with Crippen molar-refractivity contribution >= 4 is 11.3 Å². The highest BCUT2D eigenvalue weighted by molar-refractivity contribution is 7.09. The zero-order chi connectivity index (χ0) is 11.4. The fraction of sp³-hybridized carbons (Fsp3) is 0.727. The topological polar surface area (TPSA) is 50.9 Å². The van der Waals surface area contributed by atoms with E-state index < -0.39 is 0 Å². The molecule has 1 rings (SSSR count). The van der Waals surface area contributed by atoms with Gasteiger partial charge in [0.05, 0.1) is 10.7 Å². The smallest absolute Gasteiger partial charge is 0.0897 e. The minimum absolute atomic E-state index is 0.312. The Hall–Kier alpha value is -0.450. The molecule has 1 aromatic rings. The van der Waals surface area contributed by atoms with Crippen molar-refractivity contribution in [3.05, 3.63) is 16.1 Å². The Morgan fingerprint density at radius 1 is 1.47 bits per heavy atom. The summed E-state index contributed by atoms with van der Waals surface area (Å²) in [5.74, 6) is 6.77. The third-order valence-electron chi connectivity index (χ3n) is 3.00. The third-order valence-corrected chi connectivity index (χ3v) is 3.82. The highest BCUT2D eigenvalue weighted by atomic mass is 32.1. The van der Waals surface area contributed by atoms with E-state index >= 15 is 0 Å². The van der Waals surface area contributed by atoms with Gasteiger partial charge in [-0.25, -0.2) is 4.98 Å². The van der Waals surface area contributed by atoms with Crippen LogP contribution in [0.4, 0.5) is 0 Å². The van der Waals surface area contributed by atoms with Crippen LogP contribution in [-0.2, 0) is 6.42 Å². The second kappa shape index (κ2) is 5.58. The summed E-state index contributed by atoms with van der Waals surface area (Å²) >= 11 is 1.70. The second-order valence-corrected chi connectivity index (χ2v) is 5.50. The van der Waals surface area contributed by atoms with Gasteiger partial charge < -0.3 is 0 Å². The molecular weight excluding hydrogens is 206 g/mol. The van der Waals surface area contributed by atoms with Crippen LogP contribution in [-0.4, -0.2) is 11.0 Å². The maximum Gasteiger partial charge on any atom is 0.0897 e. The average molecular weight is 227 g/mol. The Kier molecular flexibility index (Phi) is 4.70. The van der Waals surface area contributed by atoms with Crippen LogP contribution in [0, 0.1) is 18.8 Å². The summed E-state index contributed by atoms with van der Waals surface area (Å²) in [6.07, 6.45) is 0.917. The molecule has 2 unspecified atom stereocenters. The van der Waals surface area contributed by atoms with E-state index in [0.717, 1.165) is 17.1 Å². The highest BCUT2D eigenvalue weighted by Gasteiger charge is 2.20. The lowest BCUT2D eigenvalue weighted by Gasteiger charge is -2.25. The summed E-state index contributed by atoms with van der Waals surface area (Å²) in [4.78, 5) is 4.46. The van der Waals surface area contributed by atoms with E-state index in [4.69, 9.17) is 5.84 Å². The number of rotatable bonds is 5. The summed E-state index contributed by atoms with van der Waals surface area (Å²) in [6, 6.07) is 0.312. The molecule has 1 heterocycles. The molecule has 1 aromatic heterocycles. The fourth-order valence-corrected chi connectivity index (χ4v) is 2.21. The second-order valence-electron chi connectivity index (χ2n) is 4.44. The van der Waals surface area contributed by atoms with Crippen molar-refractivity contribution < 1.29 is 0 Å². The van der Waals surface area contributed by atoms with Crippen molar-refractivity contribution in [2.45, 2.75) is 40.2 Å². The normalized spacial score (nSPS) is 15.6. The molecule has 0 spiro atoms. The predicted octanol–water partition coefficient (Wildman–Crippen LogP) is 2.12. The SMILES string of the molecule is Cc1nc(CC(NN)C(C)C(C)C)cs1. The zero-order valence-electron chi connectivity index (χ0n) is 9.95. The molecule has 0 amide bonds. The monoisotopic (exact) mass is 227 g/mol. The number of thiazole rings is 1. The molecule has 86 valence electrons. The summed E-state index contributed by atoms with van der Waals surface area (Å²) in [6.45, 7) is 8.71.